The van der Waals surface area contributed by atoms with Gasteiger partial charge < -0.3 is 0 Å². The van der Waals surface area contributed by atoms with Crippen molar-refractivity contribution >= 4 is 0 Å². The maximum atomic E-state index is 13.3. The molecule has 0 fully saturated rings. The second-order valence-corrected chi connectivity index (χ2v) is 3.17. The Kier molecular flexibility index (Phi) is 2.64. The van der Waals surface area contributed by atoms with Crippen LogP contribution in [0.3, 0.4) is 0 Å². The number of hydrogen-bond donors (Lipinski definition) is 0. The van der Waals surface area contributed by atoms with E-state index in [4.69, 9.17) is 0 Å². The molecule has 0 unspecified atom stereocenters. The van der Waals surface area contributed by atoms with Gasteiger partial charge in [0.1, 0.15) is 23.3 Å². The van der Waals surface area contributed by atoms with E-state index in [1.165, 1.54) is 6.07 Å². The van der Waals surface area contributed by atoms with Crippen molar-refractivity contribution in [2.75, 3.05) is 0 Å². The van der Waals surface area contributed by atoms with Gasteiger partial charge in [-0.2, -0.15) is 0 Å². The molecule has 0 heterocycles. The molecular weight excluding hydrogens is 220 g/mol. The Morgan fingerprint density at radius 1 is 0.812 bits per heavy atom. The molecule has 81 valence electrons. The van der Waals surface area contributed by atoms with Gasteiger partial charge in [0, 0.05) is 12.1 Å². The SMILES string of the molecule is Fc1cc[c]c(-c2c(F)cc(F)cc2F)c1. The van der Waals surface area contributed by atoms with Crippen LogP contribution in [0.4, 0.5) is 17.6 Å². The summed E-state index contributed by atoms with van der Waals surface area (Å²) in [6, 6.07) is 6.79. The summed E-state index contributed by atoms with van der Waals surface area (Å²) in [5.41, 5.74) is -0.573. The highest BCUT2D eigenvalue weighted by Gasteiger charge is 2.13. The first-order valence-electron chi connectivity index (χ1n) is 4.40. The molecule has 0 spiro atoms. The van der Waals surface area contributed by atoms with Gasteiger partial charge in [-0.05, 0) is 23.8 Å². The largest absolute Gasteiger partial charge is 0.207 e. The average molecular weight is 225 g/mol. The lowest BCUT2D eigenvalue weighted by atomic mass is 10.0. The number of hydrogen-bond acceptors (Lipinski definition) is 0. The van der Waals surface area contributed by atoms with Crippen molar-refractivity contribution in [1.29, 1.82) is 0 Å². The lowest BCUT2D eigenvalue weighted by Crippen LogP contribution is -1.93. The maximum Gasteiger partial charge on any atom is 0.136 e. The van der Waals surface area contributed by atoms with Crippen molar-refractivity contribution in [3.63, 3.8) is 0 Å². The first kappa shape index (κ1) is 10.7. The molecule has 0 nitrogen and oxygen atoms in total. The molecule has 0 aromatic heterocycles. The lowest BCUT2D eigenvalue weighted by molar-refractivity contribution is 0.547. The molecule has 2 aromatic carbocycles. The second kappa shape index (κ2) is 3.96. The van der Waals surface area contributed by atoms with Crippen molar-refractivity contribution in [2.45, 2.75) is 0 Å². The van der Waals surface area contributed by atoms with Crippen LogP contribution >= 0.6 is 0 Å². The molecule has 0 amide bonds. The Morgan fingerprint density at radius 2 is 1.44 bits per heavy atom. The smallest absolute Gasteiger partial charge is 0.136 e. The van der Waals surface area contributed by atoms with Crippen molar-refractivity contribution in [3.8, 4) is 11.1 Å². The highest BCUT2D eigenvalue weighted by Crippen LogP contribution is 2.26. The van der Waals surface area contributed by atoms with E-state index in [9.17, 15) is 17.6 Å². The van der Waals surface area contributed by atoms with E-state index in [0.29, 0.717) is 12.1 Å². The summed E-state index contributed by atoms with van der Waals surface area (Å²) in [6.45, 7) is 0. The second-order valence-electron chi connectivity index (χ2n) is 3.17. The summed E-state index contributed by atoms with van der Waals surface area (Å²) in [7, 11) is 0. The molecule has 1 radical (unpaired) electrons. The minimum Gasteiger partial charge on any atom is -0.207 e. The molecule has 0 N–H and O–H groups in total. The third kappa shape index (κ3) is 1.91. The fourth-order valence-electron chi connectivity index (χ4n) is 1.38. The molecular formula is C12H5F4. The predicted octanol–water partition coefficient (Wildman–Crippen LogP) is 3.71. The van der Waals surface area contributed by atoms with E-state index >= 15 is 0 Å². The van der Waals surface area contributed by atoms with Gasteiger partial charge in [0.2, 0.25) is 0 Å². The third-order valence-electron chi connectivity index (χ3n) is 2.04. The summed E-state index contributed by atoms with van der Waals surface area (Å²) >= 11 is 0. The van der Waals surface area contributed by atoms with Crippen LogP contribution in [0.25, 0.3) is 11.1 Å². The van der Waals surface area contributed by atoms with E-state index in [1.54, 1.807) is 0 Å². The Bertz CT molecular complexity index is 511. The van der Waals surface area contributed by atoms with Crippen LogP contribution < -0.4 is 0 Å². The first-order chi connectivity index (χ1) is 7.58. The number of halogens is 4. The molecule has 2 aromatic rings. The molecule has 2 rings (SSSR count). The zero-order valence-electron chi connectivity index (χ0n) is 7.90. The van der Waals surface area contributed by atoms with Gasteiger partial charge in [0.15, 0.2) is 0 Å². The number of rotatable bonds is 1. The van der Waals surface area contributed by atoms with Crippen LogP contribution in [0.5, 0.6) is 0 Å². The van der Waals surface area contributed by atoms with Gasteiger partial charge in [-0.15, -0.1) is 0 Å². The summed E-state index contributed by atoms with van der Waals surface area (Å²) in [6.07, 6.45) is 0. The zero-order chi connectivity index (χ0) is 11.7. The molecule has 0 aliphatic rings. The van der Waals surface area contributed by atoms with E-state index in [1.807, 2.05) is 0 Å². The van der Waals surface area contributed by atoms with Crippen LogP contribution in [-0.2, 0) is 0 Å². The van der Waals surface area contributed by atoms with Crippen molar-refractivity contribution in [3.05, 3.63) is 59.7 Å². The van der Waals surface area contributed by atoms with Crippen LogP contribution in [0.15, 0.2) is 30.3 Å². The van der Waals surface area contributed by atoms with Crippen LogP contribution in [0, 0.1) is 29.3 Å². The maximum absolute atomic E-state index is 13.3. The topological polar surface area (TPSA) is 0 Å². The summed E-state index contributed by atoms with van der Waals surface area (Å²) in [4.78, 5) is 0. The molecule has 0 aliphatic heterocycles. The Labute approximate surface area is 89.2 Å². The zero-order valence-corrected chi connectivity index (χ0v) is 7.90. The molecule has 0 saturated heterocycles. The van der Waals surface area contributed by atoms with E-state index in [2.05, 4.69) is 6.07 Å². The first-order valence-corrected chi connectivity index (χ1v) is 4.40. The fourth-order valence-corrected chi connectivity index (χ4v) is 1.38. The van der Waals surface area contributed by atoms with Gasteiger partial charge in [0.05, 0.1) is 5.56 Å². The summed E-state index contributed by atoms with van der Waals surface area (Å²) in [5.74, 6) is -3.83. The normalized spacial score (nSPS) is 10.5. The minimum absolute atomic E-state index is 0.0880. The van der Waals surface area contributed by atoms with Gasteiger partial charge in [-0.3, -0.25) is 0 Å². The van der Waals surface area contributed by atoms with Crippen molar-refractivity contribution in [2.24, 2.45) is 0 Å². The monoisotopic (exact) mass is 225 g/mol. The summed E-state index contributed by atoms with van der Waals surface area (Å²) < 4.78 is 52.1. The highest BCUT2D eigenvalue weighted by molar-refractivity contribution is 5.64. The molecule has 16 heavy (non-hydrogen) atoms. The summed E-state index contributed by atoms with van der Waals surface area (Å²) in [5, 5.41) is 0. The van der Waals surface area contributed by atoms with E-state index < -0.39 is 28.8 Å². The van der Waals surface area contributed by atoms with Gasteiger partial charge in [-0.1, -0.05) is 6.07 Å². The molecule has 0 atom stereocenters. The van der Waals surface area contributed by atoms with Crippen molar-refractivity contribution < 1.29 is 17.6 Å². The quantitative estimate of drug-likeness (QED) is 0.649. The number of benzene rings is 2. The van der Waals surface area contributed by atoms with Crippen LogP contribution in [0.1, 0.15) is 0 Å². The average Bonchev–Trinajstić information content (AvgIpc) is 2.15. The van der Waals surface area contributed by atoms with Crippen molar-refractivity contribution in [1.82, 2.24) is 0 Å². The molecule has 0 aliphatic carbocycles. The Morgan fingerprint density at radius 3 is 2.00 bits per heavy atom. The molecule has 0 bridgehead atoms. The minimum atomic E-state index is -1.08. The van der Waals surface area contributed by atoms with Gasteiger partial charge in [0.25, 0.3) is 0 Å². The van der Waals surface area contributed by atoms with Crippen LogP contribution in [-0.4, -0.2) is 0 Å². The highest BCUT2D eigenvalue weighted by atomic mass is 19.1. The van der Waals surface area contributed by atoms with Gasteiger partial charge in [-0.25, -0.2) is 17.6 Å². The van der Waals surface area contributed by atoms with E-state index in [-0.39, 0.29) is 5.56 Å². The Hall–Kier alpha value is -1.84. The standard InChI is InChI=1S/C12H5F4/c13-8-3-1-2-7(4-8)12-10(15)5-9(14)6-11(12)16/h1,3-6H. The third-order valence-corrected chi connectivity index (χ3v) is 2.04. The van der Waals surface area contributed by atoms with E-state index in [0.717, 1.165) is 12.1 Å². The molecule has 4 heteroatoms. The Balaban J connectivity index is 2.64. The van der Waals surface area contributed by atoms with Crippen LogP contribution in [0.2, 0.25) is 0 Å². The van der Waals surface area contributed by atoms with Gasteiger partial charge >= 0.3 is 0 Å². The lowest BCUT2D eigenvalue weighted by Gasteiger charge is -2.05. The fraction of sp³-hybridized carbons (Fsp3) is 0. The molecule has 0 saturated carbocycles. The predicted molar refractivity (Wildman–Crippen MR) is 50.5 cm³/mol.